The Morgan fingerprint density at radius 3 is 2.45 bits per heavy atom. The SMILES string of the molecule is OC(c1ccc(Cl)cc1)C1C=CC=CC1(Cl)c1cncnc1. The number of hydrogen-bond donors (Lipinski definition) is 1. The minimum atomic E-state index is -0.894. The molecule has 0 fully saturated rings. The second kappa shape index (κ2) is 6.21. The van der Waals surface area contributed by atoms with Gasteiger partial charge in [0.05, 0.1) is 11.0 Å². The number of rotatable bonds is 3. The Kier molecular flexibility index (Phi) is 4.30. The van der Waals surface area contributed by atoms with E-state index in [2.05, 4.69) is 9.97 Å². The van der Waals surface area contributed by atoms with Crippen molar-refractivity contribution in [3.8, 4) is 0 Å². The molecule has 0 aliphatic heterocycles. The highest BCUT2D eigenvalue weighted by atomic mass is 35.5. The normalized spacial score (nSPS) is 25.1. The van der Waals surface area contributed by atoms with E-state index < -0.39 is 11.0 Å². The third-order valence-electron chi connectivity index (χ3n) is 3.81. The molecule has 0 radical (unpaired) electrons. The first-order valence-electron chi connectivity index (χ1n) is 6.85. The van der Waals surface area contributed by atoms with Crippen molar-refractivity contribution in [2.24, 2.45) is 5.92 Å². The highest BCUT2D eigenvalue weighted by molar-refractivity contribution is 6.30. The van der Waals surface area contributed by atoms with Gasteiger partial charge in [-0.3, -0.25) is 0 Å². The number of aliphatic hydroxyl groups is 1. The minimum absolute atomic E-state index is 0.341. The zero-order valence-electron chi connectivity index (χ0n) is 11.6. The molecular weight excluding hydrogens is 319 g/mol. The lowest BCUT2D eigenvalue weighted by Crippen LogP contribution is -2.32. The molecule has 1 aromatic heterocycles. The van der Waals surface area contributed by atoms with Crippen LogP contribution in [0.15, 0.2) is 67.3 Å². The van der Waals surface area contributed by atoms with Crippen LogP contribution >= 0.6 is 23.2 Å². The van der Waals surface area contributed by atoms with Crippen molar-refractivity contribution in [2.45, 2.75) is 11.0 Å². The molecule has 1 N–H and O–H groups in total. The summed E-state index contributed by atoms with van der Waals surface area (Å²) in [4.78, 5) is 7.17. The quantitative estimate of drug-likeness (QED) is 0.863. The van der Waals surface area contributed by atoms with E-state index in [-0.39, 0.29) is 5.92 Å². The molecule has 3 rings (SSSR count). The first-order chi connectivity index (χ1) is 10.6. The molecule has 5 heteroatoms. The molecule has 1 heterocycles. The lowest BCUT2D eigenvalue weighted by atomic mass is 9.78. The number of alkyl halides is 1. The maximum Gasteiger partial charge on any atom is 0.115 e. The van der Waals surface area contributed by atoms with Gasteiger partial charge >= 0.3 is 0 Å². The van der Waals surface area contributed by atoms with E-state index in [1.807, 2.05) is 24.3 Å². The van der Waals surface area contributed by atoms with Crippen LogP contribution in [-0.2, 0) is 4.87 Å². The number of nitrogens with zero attached hydrogens (tertiary/aromatic N) is 2. The fraction of sp³-hybridized carbons (Fsp3) is 0.176. The summed E-state index contributed by atoms with van der Waals surface area (Å²) in [5.41, 5.74) is 1.51. The zero-order chi connectivity index (χ0) is 15.6. The predicted octanol–water partition coefficient (Wildman–Crippen LogP) is 4.04. The summed E-state index contributed by atoms with van der Waals surface area (Å²) in [7, 11) is 0. The Bertz CT molecular complexity index is 700. The summed E-state index contributed by atoms with van der Waals surface area (Å²) < 4.78 is 0. The van der Waals surface area contributed by atoms with E-state index in [0.717, 1.165) is 11.1 Å². The van der Waals surface area contributed by atoms with Gasteiger partial charge in [0.1, 0.15) is 6.33 Å². The van der Waals surface area contributed by atoms with Crippen molar-refractivity contribution in [3.63, 3.8) is 0 Å². The van der Waals surface area contributed by atoms with Crippen LogP contribution in [0.25, 0.3) is 0 Å². The third kappa shape index (κ3) is 2.80. The summed E-state index contributed by atoms with van der Waals surface area (Å²) in [5.74, 6) is -0.341. The van der Waals surface area contributed by atoms with Crippen LogP contribution < -0.4 is 0 Å². The number of benzene rings is 1. The van der Waals surface area contributed by atoms with Gasteiger partial charge in [-0.25, -0.2) is 9.97 Å². The molecule has 1 aliphatic carbocycles. The number of allylic oxidation sites excluding steroid dienone is 3. The largest absolute Gasteiger partial charge is 0.388 e. The summed E-state index contributed by atoms with van der Waals surface area (Å²) in [5, 5.41) is 11.4. The third-order valence-corrected chi connectivity index (χ3v) is 4.66. The van der Waals surface area contributed by atoms with E-state index in [0.29, 0.717) is 5.02 Å². The smallest absolute Gasteiger partial charge is 0.115 e. The van der Waals surface area contributed by atoms with Crippen LogP contribution in [0.3, 0.4) is 0 Å². The van der Waals surface area contributed by atoms with E-state index in [1.54, 1.807) is 36.7 Å². The molecule has 2 aromatic rings. The van der Waals surface area contributed by atoms with Crippen molar-refractivity contribution in [3.05, 3.63) is 83.4 Å². The number of aromatic nitrogens is 2. The lowest BCUT2D eigenvalue weighted by molar-refractivity contribution is 0.116. The Morgan fingerprint density at radius 1 is 1.09 bits per heavy atom. The van der Waals surface area contributed by atoms with Crippen molar-refractivity contribution in [1.82, 2.24) is 9.97 Å². The summed E-state index contributed by atoms with van der Waals surface area (Å²) in [6, 6.07) is 7.12. The van der Waals surface area contributed by atoms with Gasteiger partial charge in [0.15, 0.2) is 0 Å². The highest BCUT2D eigenvalue weighted by Gasteiger charge is 2.41. The van der Waals surface area contributed by atoms with Crippen molar-refractivity contribution in [1.29, 1.82) is 0 Å². The van der Waals surface area contributed by atoms with Crippen LogP contribution in [0, 0.1) is 5.92 Å². The predicted molar refractivity (Wildman–Crippen MR) is 87.7 cm³/mol. The van der Waals surface area contributed by atoms with Crippen molar-refractivity contribution in [2.75, 3.05) is 0 Å². The van der Waals surface area contributed by atoms with E-state index in [9.17, 15) is 5.11 Å². The van der Waals surface area contributed by atoms with Crippen LogP contribution in [0.5, 0.6) is 0 Å². The molecule has 0 amide bonds. The monoisotopic (exact) mass is 332 g/mol. The van der Waals surface area contributed by atoms with E-state index in [1.165, 1.54) is 6.33 Å². The second-order valence-electron chi connectivity index (χ2n) is 5.16. The lowest BCUT2D eigenvalue weighted by Gasteiger charge is -2.36. The fourth-order valence-electron chi connectivity index (χ4n) is 2.62. The number of halogens is 2. The molecule has 3 atom stereocenters. The van der Waals surface area contributed by atoms with Gasteiger partial charge in [0, 0.05) is 28.9 Å². The standard InChI is InChI=1S/C17H14Cl2N2O/c18-14-6-4-12(5-7-14)16(22)15-3-1-2-8-17(15,19)13-9-20-11-21-10-13/h1-11,15-16,22H. The Balaban J connectivity index is 1.98. The maximum absolute atomic E-state index is 10.8. The Hall–Kier alpha value is -1.68. The van der Waals surface area contributed by atoms with E-state index >= 15 is 0 Å². The second-order valence-corrected chi connectivity index (χ2v) is 6.22. The molecule has 1 aliphatic rings. The summed E-state index contributed by atoms with van der Waals surface area (Å²) in [6.07, 6.45) is 11.5. The highest BCUT2D eigenvalue weighted by Crippen LogP contribution is 2.46. The Labute approximate surface area is 138 Å². The van der Waals surface area contributed by atoms with Crippen molar-refractivity contribution < 1.29 is 5.11 Å². The van der Waals surface area contributed by atoms with Gasteiger partial charge in [-0.05, 0) is 17.7 Å². The van der Waals surface area contributed by atoms with Crippen LogP contribution in [-0.4, -0.2) is 15.1 Å². The summed E-state index contributed by atoms with van der Waals surface area (Å²) >= 11 is 12.7. The molecular formula is C17H14Cl2N2O. The van der Waals surface area contributed by atoms with Crippen LogP contribution in [0.1, 0.15) is 17.2 Å². The Morgan fingerprint density at radius 2 is 1.77 bits per heavy atom. The van der Waals surface area contributed by atoms with Gasteiger partial charge in [0.25, 0.3) is 0 Å². The minimum Gasteiger partial charge on any atom is -0.388 e. The van der Waals surface area contributed by atoms with Crippen molar-refractivity contribution >= 4 is 23.2 Å². The molecule has 0 saturated heterocycles. The fourth-order valence-corrected chi connectivity index (χ4v) is 3.11. The van der Waals surface area contributed by atoms with Gasteiger partial charge in [-0.2, -0.15) is 0 Å². The molecule has 3 nitrogen and oxygen atoms in total. The average Bonchev–Trinajstić information content (AvgIpc) is 2.56. The number of aliphatic hydroxyl groups excluding tert-OH is 1. The van der Waals surface area contributed by atoms with Gasteiger partial charge in [-0.1, -0.05) is 48.0 Å². The van der Waals surface area contributed by atoms with Gasteiger partial charge in [-0.15, -0.1) is 11.6 Å². The first-order valence-corrected chi connectivity index (χ1v) is 7.61. The maximum atomic E-state index is 10.8. The molecule has 22 heavy (non-hydrogen) atoms. The first kappa shape index (κ1) is 15.2. The molecule has 112 valence electrons. The summed E-state index contributed by atoms with van der Waals surface area (Å²) in [6.45, 7) is 0. The molecule has 1 aromatic carbocycles. The average molecular weight is 333 g/mol. The van der Waals surface area contributed by atoms with Crippen LogP contribution in [0.4, 0.5) is 0 Å². The molecule has 3 unspecified atom stereocenters. The topological polar surface area (TPSA) is 46.0 Å². The van der Waals surface area contributed by atoms with Gasteiger partial charge in [0.2, 0.25) is 0 Å². The van der Waals surface area contributed by atoms with Crippen LogP contribution in [0.2, 0.25) is 5.02 Å². The molecule has 0 spiro atoms. The van der Waals surface area contributed by atoms with Gasteiger partial charge < -0.3 is 5.11 Å². The number of hydrogen-bond acceptors (Lipinski definition) is 3. The van der Waals surface area contributed by atoms with E-state index in [4.69, 9.17) is 23.2 Å². The molecule has 0 saturated carbocycles. The molecule has 0 bridgehead atoms. The zero-order valence-corrected chi connectivity index (χ0v) is 13.1.